The number of methoxy groups -OCH3 is 1. The third-order valence-corrected chi connectivity index (χ3v) is 4.31. The molecule has 2 fully saturated rings. The molecule has 0 bridgehead atoms. The van der Waals surface area contributed by atoms with Gasteiger partial charge in [-0.3, -0.25) is 14.8 Å². The van der Waals surface area contributed by atoms with Gasteiger partial charge in [-0.1, -0.05) is 0 Å². The number of carbonyl (C=O) groups is 1. The van der Waals surface area contributed by atoms with Gasteiger partial charge < -0.3 is 10.1 Å². The van der Waals surface area contributed by atoms with E-state index in [1.807, 2.05) is 6.07 Å². The normalized spacial score (nSPS) is 21.0. The topological polar surface area (TPSA) is 57.7 Å². The quantitative estimate of drug-likeness (QED) is 0.785. The Balaban J connectivity index is 1.49. The van der Waals surface area contributed by atoms with E-state index in [-0.39, 0.29) is 5.97 Å². The van der Waals surface area contributed by atoms with E-state index < -0.39 is 0 Å². The average molecular weight is 290 g/mol. The van der Waals surface area contributed by atoms with Crippen LogP contribution >= 0.6 is 0 Å². The molecule has 114 valence electrons. The van der Waals surface area contributed by atoms with Gasteiger partial charge in [0.25, 0.3) is 0 Å². The number of hydrogen-bond acceptors (Lipinski definition) is 6. The van der Waals surface area contributed by atoms with Crippen LogP contribution in [-0.2, 0) is 11.3 Å². The van der Waals surface area contributed by atoms with Gasteiger partial charge in [0.1, 0.15) is 0 Å². The first-order chi connectivity index (χ1) is 10.3. The van der Waals surface area contributed by atoms with Crippen molar-refractivity contribution in [2.24, 2.45) is 0 Å². The zero-order valence-corrected chi connectivity index (χ0v) is 12.4. The largest absolute Gasteiger partial charge is 0.465 e. The molecule has 6 nitrogen and oxygen atoms in total. The molecule has 0 saturated carbocycles. The van der Waals surface area contributed by atoms with Crippen molar-refractivity contribution in [2.75, 3.05) is 46.4 Å². The molecule has 1 aromatic heterocycles. The summed E-state index contributed by atoms with van der Waals surface area (Å²) in [5, 5.41) is 3.33. The van der Waals surface area contributed by atoms with Crippen LogP contribution in [0.15, 0.2) is 18.3 Å². The Morgan fingerprint density at radius 3 is 2.62 bits per heavy atom. The summed E-state index contributed by atoms with van der Waals surface area (Å²) in [4.78, 5) is 20.7. The van der Waals surface area contributed by atoms with E-state index in [1.54, 1.807) is 12.3 Å². The van der Waals surface area contributed by atoms with Crippen molar-refractivity contribution < 1.29 is 9.53 Å². The van der Waals surface area contributed by atoms with Crippen LogP contribution in [0.25, 0.3) is 0 Å². The number of hydrogen-bond donors (Lipinski definition) is 1. The number of aromatic nitrogens is 1. The Hall–Kier alpha value is -1.50. The second-order valence-electron chi connectivity index (χ2n) is 5.65. The summed E-state index contributed by atoms with van der Waals surface area (Å²) >= 11 is 0. The maximum Gasteiger partial charge on any atom is 0.339 e. The summed E-state index contributed by atoms with van der Waals surface area (Å²) < 4.78 is 4.68. The van der Waals surface area contributed by atoms with Crippen molar-refractivity contribution >= 4 is 5.97 Å². The number of ether oxygens (including phenoxy) is 1. The van der Waals surface area contributed by atoms with Gasteiger partial charge >= 0.3 is 5.97 Å². The van der Waals surface area contributed by atoms with E-state index in [0.29, 0.717) is 5.56 Å². The van der Waals surface area contributed by atoms with Crippen LogP contribution in [-0.4, -0.2) is 73.2 Å². The van der Waals surface area contributed by atoms with Crippen LogP contribution in [0.1, 0.15) is 16.1 Å². The van der Waals surface area contributed by atoms with E-state index in [0.717, 1.165) is 57.5 Å². The molecule has 0 radical (unpaired) electrons. The summed E-state index contributed by atoms with van der Waals surface area (Å²) in [6.07, 6.45) is 1.59. The number of nitrogens with zero attached hydrogens (tertiary/aromatic N) is 3. The van der Waals surface area contributed by atoms with Crippen LogP contribution in [0.4, 0.5) is 0 Å². The molecule has 0 amide bonds. The minimum Gasteiger partial charge on any atom is -0.465 e. The highest BCUT2D eigenvalue weighted by atomic mass is 16.5. The summed E-state index contributed by atoms with van der Waals surface area (Å²) in [5.74, 6) is -0.336. The number of piperazine rings is 1. The third-order valence-electron chi connectivity index (χ3n) is 4.31. The van der Waals surface area contributed by atoms with Crippen molar-refractivity contribution in [1.29, 1.82) is 0 Å². The highest BCUT2D eigenvalue weighted by molar-refractivity contribution is 5.88. The summed E-state index contributed by atoms with van der Waals surface area (Å²) in [6.45, 7) is 7.54. The zero-order chi connectivity index (χ0) is 14.7. The maximum absolute atomic E-state index is 11.4. The van der Waals surface area contributed by atoms with Crippen LogP contribution in [0.5, 0.6) is 0 Å². The van der Waals surface area contributed by atoms with Gasteiger partial charge in [0.05, 0.1) is 18.4 Å². The van der Waals surface area contributed by atoms with Gasteiger partial charge in [0.2, 0.25) is 0 Å². The lowest BCUT2D eigenvalue weighted by molar-refractivity contribution is 0.0600. The summed E-state index contributed by atoms with van der Waals surface area (Å²) in [6, 6.07) is 4.43. The molecular weight excluding hydrogens is 268 g/mol. The Kier molecular flexibility index (Phi) is 4.48. The smallest absolute Gasteiger partial charge is 0.339 e. The lowest BCUT2D eigenvalue weighted by atomic mass is 10.1. The molecule has 6 heteroatoms. The van der Waals surface area contributed by atoms with Crippen LogP contribution in [0.2, 0.25) is 0 Å². The summed E-state index contributed by atoms with van der Waals surface area (Å²) in [5.41, 5.74) is 1.50. The molecule has 2 saturated heterocycles. The van der Waals surface area contributed by atoms with Gasteiger partial charge in [-0.05, 0) is 12.1 Å². The van der Waals surface area contributed by atoms with E-state index >= 15 is 0 Å². The van der Waals surface area contributed by atoms with Crippen LogP contribution in [0.3, 0.4) is 0 Å². The molecule has 3 rings (SSSR count). The van der Waals surface area contributed by atoms with E-state index in [2.05, 4.69) is 24.8 Å². The van der Waals surface area contributed by atoms with Crippen molar-refractivity contribution in [3.63, 3.8) is 0 Å². The highest BCUT2D eigenvalue weighted by Gasteiger charge is 2.27. The Bertz CT molecular complexity index is 479. The van der Waals surface area contributed by atoms with Crippen LogP contribution < -0.4 is 5.32 Å². The van der Waals surface area contributed by atoms with Gasteiger partial charge in [0, 0.05) is 58.1 Å². The molecule has 0 aliphatic carbocycles. The third kappa shape index (κ3) is 3.40. The lowest BCUT2D eigenvalue weighted by Crippen LogP contribution is -2.61. The molecule has 2 aliphatic rings. The molecule has 1 aromatic rings. The Labute approximate surface area is 125 Å². The summed E-state index contributed by atoms with van der Waals surface area (Å²) in [7, 11) is 1.38. The fraction of sp³-hybridized carbons (Fsp3) is 0.600. The maximum atomic E-state index is 11.4. The minimum atomic E-state index is -0.336. The Morgan fingerprint density at radius 1 is 1.33 bits per heavy atom. The van der Waals surface area contributed by atoms with Crippen molar-refractivity contribution in [1.82, 2.24) is 20.1 Å². The van der Waals surface area contributed by atoms with Crippen molar-refractivity contribution in [2.45, 2.75) is 12.6 Å². The first-order valence-corrected chi connectivity index (χ1v) is 7.46. The molecule has 1 N–H and O–H groups in total. The second-order valence-corrected chi connectivity index (χ2v) is 5.65. The van der Waals surface area contributed by atoms with Gasteiger partial charge in [-0.25, -0.2) is 4.79 Å². The fourth-order valence-electron chi connectivity index (χ4n) is 2.80. The molecule has 0 spiro atoms. The molecule has 2 aliphatic heterocycles. The fourth-order valence-corrected chi connectivity index (χ4v) is 2.80. The standard InChI is InChI=1S/C15H22N4O2/c1-21-15(20)12-2-3-13(17-8-12)11-18-4-6-19(7-5-18)14-9-16-10-14/h2-3,8,14,16H,4-7,9-11H2,1H3. The number of carbonyl (C=O) groups excluding carboxylic acids is 1. The average Bonchev–Trinajstić information content (AvgIpc) is 2.47. The SMILES string of the molecule is COC(=O)c1ccc(CN2CCN(C3CNC3)CC2)nc1. The first kappa shape index (κ1) is 14.4. The van der Waals surface area contributed by atoms with E-state index in [4.69, 9.17) is 0 Å². The van der Waals surface area contributed by atoms with Crippen molar-refractivity contribution in [3.05, 3.63) is 29.6 Å². The van der Waals surface area contributed by atoms with E-state index in [9.17, 15) is 4.79 Å². The molecule has 3 heterocycles. The lowest BCUT2D eigenvalue weighted by Gasteiger charge is -2.43. The highest BCUT2D eigenvalue weighted by Crippen LogP contribution is 2.12. The van der Waals surface area contributed by atoms with Crippen LogP contribution in [0, 0.1) is 0 Å². The van der Waals surface area contributed by atoms with Gasteiger partial charge in [-0.15, -0.1) is 0 Å². The molecular formula is C15H22N4O2. The molecule has 21 heavy (non-hydrogen) atoms. The number of rotatable bonds is 4. The number of nitrogens with one attached hydrogen (secondary N) is 1. The second kappa shape index (κ2) is 6.51. The van der Waals surface area contributed by atoms with Crippen molar-refractivity contribution in [3.8, 4) is 0 Å². The predicted molar refractivity (Wildman–Crippen MR) is 79.1 cm³/mol. The Morgan fingerprint density at radius 2 is 2.10 bits per heavy atom. The van der Waals surface area contributed by atoms with E-state index in [1.165, 1.54) is 7.11 Å². The van der Waals surface area contributed by atoms with Gasteiger partial charge in [0.15, 0.2) is 0 Å². The predicted octanol–water partition coefficient (Wildman–Crippen LogP) is -0.0424. The first-order valence-electron chi connectivity index (χ1n) is 7.46. The number of pyridine rings is 1. The van der Waals surface area contributed by atoms with Gasteiger partial charge in [-0.2, -0.15) is 0 Å². The molecule has 0 atom stereocenters. The minimum absolute atomic E-state index is 0.336. The zero-order valence-electron chi connectivity index (χ0n) is 12.4. The molecule has 0 aromatic carbocycles. The monoisotopic (exact) mass is 290 g/mol. The molecule has 0 unspecified atom stereocenters. The number of esters is 1.